The first-order valence-electron chi connectivity index (χ1n) is 8.12. The zero-order valence-corrected chi connectivity index (χ0v) is 14.7. The minimum atomic E-state index is -0.231. The van der Waals surface area contributed by atoms with Crippen molar-refractivity contribution in [2.75, 3.05) is 27.4 Å². The molecule has 2 aromatic rings. The Morgan fingerprint density at radius 1 is 1.12 bits per heavy atom. The van der Waals surface area contributed by atoms with Gasteiger partial charge in [0.2, 0.25) is 5.91 Å². The second-order valence-corrected chi connectivity index (χ2v) is 5.56. The van der Waals surface area contributed by atoms with Crippen molar-refractivity contribution in [3.63, 3.8) is 0 Å². The molecule has 136 valence electrons. The monoisotopic (exact) mass is 356 g/mol. The fourth-order valence-electron chi connectivity index (χ4n) is 2.52. The third kappa shape index (κ3) is 4.24. The van der Waals surface area contributed by atoms with Gasteiger partial charge in [0.25, 0.3) is 0 Å². The summed E-state index contributed by atoms with van der Waals surface area (Å²) < 4.78 is 21.4. The number of nitrogens with zero attached hydrogens (tertiary/aromatic N) is 1. The summed E-state index contributed by atoms with van der Waals surface area (Å²) >= 11 is 0. The maximum atomic E-state index is 12.1. The molecule has 0 unspecified atom stereocenters. The number of carbonyl (C=O) groups excluding carboxylic acids is 1. The number of hydrogen-bond donors (Lipinski definition) is 1. The topological polar surface area (TPSA) is 78.4 Å². The predicted octanol–water partition coefficient (Wildman–Crippen LogP) is 2.17. The first kappa shape index (κ1) is 17.6. The molecule has 0 fully saturated rings. The fraction of sp³-hybridized carbons (Fsp3) is 0.263. The lowest BCUT2D eigenvalue weighted by atomic mass is 10.1. The van der Waals surface area contributed by atoms with E-state index in [1.54, 1.807) is 32.4 Å². The number of methoxy groups -OCH3 is 2. The van der Waals surface area contributed by atoms with Crippen LogP contribution in [0.5, 0.6) is 23.0 Å². The Balaban J connectivity index is 1.59. The molecule has 1 aliphatic heterocycles. The van der Waals surface area contributed by atoms with Crippen molar-refractivity contribution in [2.24, 2.45) is 5.10 Å². The summed E-state index contributed by atoms with van der Waals surface area (Å²) in [7, 11) is 3.15. The summed E-state index contributed by atoms with van der Waals surface area (Å²) in [5, 5.41) is 3.99. The van der Waals surface area contributed by atoms with E-state index in [0.717, 1.165) is 11.1 Å². The third-order valence-corrected chi connectivity index (χ3v) is 3.80. The van der Waals surface area contributed by atoms with E-state index >= 15 is 0 Å². The zero-order chi connectivity index (χ0) is 18.4. The largest absolute Gasteiger partial charge is 0.497 e. The van der Waals surface area contributed by atoms with Gasteiger partial charge in [-0.2, -0.15) is 5.10 Å². The molecule has 0 spiro atoms. The van der Waals surface area contributed by atoms with Gasteiger partial charge in [0, 0.05) is 11.6 Å². The summed E-state index contributed by atoms with van der Waals surface area (Å²) in [5.74, 6) is 2.42. The van der Waals surface area contributed by atoms with Gasteiger partial charge in [0.15, 0.2) is 11.5 Å². The van der Waals surface area contributed by atoms with Crippen molar-refractivity contribution in [1.82, 2.24) is 5.43 Å². The van der Waals surface area contributed by atoms with Crippen LogP contribution in [0.25, 0.3) is 0 Å². The summed E-state index contributed by atoms with van der Waals surface area (Å²) in [5.41, 5.74) is 4.06. The zero-order valence-electron chi connectivity index (χ0n) is 14.7. The number of hydrazone groups is 1. The molecule has 0 bridgehead atoms. The van der Waals surface area contributed by atoms with Crippen LogP contribution < -0.4 is 24.4 Å². The highest BCUT2D eigenvalue weighted by atomic mass is 16.6. The van der Waals surface area contributed by atoms with Gasteiger partial charge in [-0.05, 0) is 29.8 Å². The second-order valence-electron chi connectivity index (χ2n) is 5.56. The van der Waals surface area contributed by atoms with Crippen molar-refractivity contribution < 1.29 is 23.7 Å². The number of fused-ring (bicyclic) bond motifs is 1. The van der Waals surface area contributed by atoms with Crippen LogP contribution in [-0.4, -0.2) is 39.6 Å². The maximum Gasteiger partial charge on any atom is 0.244 e. The maximum absolute atomic E-state index is 12.1. The Bertz CT molecular complexity index is 820. The molecule has 0 radical (unpaired) electrons. The number of rotatable bonds is 6. The standard InChI is InChI=1S/C19H20N2O5/c1-23-15-5-4-14(17(11-15)24-2)12-20-21-19(22)10-13-3-6-16-18(9-13)26-8-7-25-16/h3-6,9,11-12H,7-8,10H2,1-2H3,(H,21,22)/b20-12+. The minimum absolute atomic E-state index is 0.188. The lowest BCUT2D eigenvalue weighted by Gasteiger charge is -2.18. The molecule has 2 aromatic carbocycles. The smallest absolute Gasteiger partial charge is 0.244 e. The molecule has 0 saturated heterocycles. The molecule has 26 heavy (non-hydrogen) atoms. The SMILES string of the molecule is COc1ccc(/C=N/NC(=O)Cc2ccc3c(c2)OCCO3)c(OC)c1. The van der Waals surface area contributed by atoms with Crippen molar-refractivity contribution in [3.8, 4) is 23.0 Å². The van der Waals surface area contributed by atoms with Crippen LogP contribution in [0, 0.1) is 0 Å². The van der Waals surface area contributed by atoms with Gasteiger partial charge < -0.3 is 18.9 Å². The van der Waals surface area contributed by atoms with Crippen LogP contribution in [0.1, 0.15) is 11.1 Å². The highest BCUT2D eigenvalue weighted by Crippen LogP contribution is 2.30. The molecule has 0 atom stereocenters. The van der Waals surface area contributed by atoms with E-state index in [-0.39, 0.29) is 12.3 Å². The number of amides is 1. The summed E-state index contributed by atoms with van der Waals surface area (Å²) in [6, 6.07) is 10.8. The third-order valence-electron chi connectivity index (χ3n) is 3.80. The minimum Gasteiger partial charge on any atom is -0.497 e. The van der Waals surface area contributed by atoms with E-state index < -0.39 is 0 Å². The molecular formula is C19H20N2O5. The quantitative estimate of drug-likeness (QED) is 0.634. The second kappa shape index (κ2) is 8.24. The van der Waals surface area contributed by atoms with Crippen LogP contribution in [-0.2, 0) is 11.2 Å². The molecule has 1 heterocycles. The van der Waals surface area contributed by atoms with E-state index in [4.69, 9.17) is 18.9 Å². The summed E-state index contributed by atoms with van der Waals surface area (Å²) in [6.45, 7) is 1.05. The van der Waals surface area contributed by atoms with Crippen LogP contribution in [0.2, 0.25) is 0 Å². The van der Waals surface area contributed by atoms with E-state index in [1.807, 2.05) is 18.2 Å². The van der Waals surface area contributed by atoms with Gasteiger partial charge in [-0.15, -0.1) is 0 Å². The number of nitrogens with one attached hydrogen (secondary N) is 1. The van der Waals surface area contributed by atoms with Crippen molar-refractivity contribution >= 4 is 12.1 Å². The molecule has 7 heteroatoms. The first-order chi connectivity index (χ1) is 12.7. The molecule has 0 aliphatic carbocycles. The lowest BCUT2D eigenvalue weighted by Crippen LogP contribution is -2.20. The Morgan fingerprint density at radius 2 is 1.92 bits per heavy atom. The van der Waals surface area contributed by atoms with E-state index in [2.05, 4.69) is 10.5 Å². The Morgan fingerprint density at radius 3 is 2.69 bits per heavy atom. The van der Waals surface area contributed by atoms with Gasteiger partial charge in [0.1, 0.15) is 24.7 Å². The number of benzene rings is 2. The number of ether oxygens (including phenoxy) is 4. The molecule has 1 N–H and O–H groups in total. The predicted molar refractivity (Wildman–Crippen MR) is 96.4 cm³/mol. The van der Waals surface area contributed by atoms with Gasteiger partial charge in [0.05, 0.1) is 26.9 Å². The van der Waals surface area contributed by atoms with Crippen LogP contribution in [0.4, 0.5) is 0 Å². The van der Waals surface area contributed by atoms with Crippen LogP contribution in [0.15, 0.2) is 41.5 Å². The molecule has 3 rings (SSSR count). The van der Waals surface area contributed by atoms with Gasteiger partial charge in [-0.25, -0.2) is 5.43 Å². The Kier molecular flexibility index (Phi) is 5.58. The number of hydrogen-bond acceptors (Lipinski definition) is 6. The van der Waals surface area contributed by atoms with Crippen molar-refractivity contribution in [2.45, 2.75) is 6.42 Å². The van der Waals surface area contributed by atoms with Gasteiger partial charge in [-0.1, -0.05) is 6.07 Å². The van der Waals surface area contributed by atoms with Crippen molar-refractivity contribution in [1.29, 1.82) is 0 Å². The van der Waals surface area contributed by atoms with E-state index in [0.29, 0.717) is 36.2 Å². The number of carbonyl (C=O) groups is 1. The fourth-order valence-corrected chi connectivity index (χ4v) is 2.52. The normalized spacial score (nSPS) is 12.7. The molecule has 1 aliphatic rings. The summed E-state index contributed by atoms with van der Waals surface area (Å²) in [6.07, 6.45) is 1.72. The average molecular weight is 356 g/mol. The average Bonchev–Trinajstić information content (AvgIpc) is 2.68. The molecule has 1 amide bonds. The molecule has 0 saturated carbocycles. The molecule has 0 aromatic heterocycles. The van der Waals surface area contributed by atoms with E-state index in [1.165, 1.54) is 6.21 Å². The van der Waals surface area contributed by atoms with Gasteiger partial charge >= 0.3 is 0 Å². The Labute approximate surface area is 151 Å². The van der Waals surface area contributed by atoms with E-state index in [9.17, 15) is 4.79 Å². The lowest BCUT2D eigenvalue weighted by molar-refractivity contribution is -0.120. The molecule has 7 nitrogen and oxygen atoms in total. The summed E-state index contributed by atoms with van der Waals surface area (Å²) in [4.78, 5) is 12.1. The van der Waals surface area contributed by atoms with Crippen molar-refractivity contribution in [3.05, 3.63) is 47.5 Å². The highest BCUT2D eigenvalue weighted by molar-refractivity contribution is 5.86. The first-order valence-corrected chi connectivity index (χ1v) is 8.12. The molecular weight excluding hydrogens is 336 g/mol. The Hall–Kier alpha value is -3.22. The highest BCUT2D eigenvalue weighted by Gasteiger charge is 2.13. The van der Waals surface area contributed by atoms with Crippen LogP contribution >= 0.6 is 0 Å². The van der Waals surface area contributed by atoms with Crippen LogP contribution in [0.3, 0.4) is 0 Å². The van der Waals surface area contributed by atoms with Gasteiger partial charge in [-0.3, -0.25) is 4.79 Å².